The van der Waals surface area contributed by atoms with Gasteiger partial charge in [0.2, 0.25) is 15.9 Å². The van der Waals surface area contributed by atoms with E-state index < -0.39 is 10.0 Å². The van der Waals surface area contributed by atoms with Crippen LogP contribution in [0.2, 0.25) is 0 Å². The van der Waals surface area contributed by atoms with Gasteiger partial charge in [-0.1, -0.05) is 17.7 Å². The first-order chi connectivity index (χ1) is 12.9. The highest BCUT2D eigenvalue weighted by Gasteiger charge is 2.34. The maximum absolute atomic E-state index is 12.5. The average molecular weight is 391 g/mol. The molecule has 3 N–H and O–H groups in total. The van der Waals surface area contributed by atoms with Crippen LogP contribution in [-0.2, 0) is 21.9 Å². The zero-order chi connectivity index (χ0) is 19.4. The van der Waals surface area contributed by atoms with Gasteiger partial charge in [0.25, 0.3) is 0 Å². The van der Waals surface area contributed by atoms with E-state index in [0.29, 0.717) is 6.54 Å². The quantitative estimate of drug-likeness (QED) is 0.582. The minimum Gasteiger partial charge on any atom is -0.354 e. The molecule has 0 aliphatic carbocycles. The minimum atomic E-state index is -3.57. The first-order valence-electron chi connectivity index (χ1n) is 8.90. The fourth-order valence-electron chi connectivity index (χ4n) is 3.24. The second kappa shape index (κ2) is 8.20. The molecule has 1 fully saturated rings. The highest BCUT2D eigenvalue weighted by atomic mass is 32.2. The van der Waals surface area contributed by atoms with Crippen molar-refractivity contribution < 1.29 is 13.2 Å². The van der Waals surface area contributed by atoms with Gasteiger partial charge in [-0.05, 0) is 24.6 Å². The zero-order valence-electron chi connectivity index (χ0n) is 15.5. The molecule has 3 rings (SSSR count). The van der Waals surface area contributed by atoms with Crippen LogP contribution in [0.3, 0.4) is 0 Å². The molecule has 0 spiro atoms. The topological polar surface area (TPSA) is 105 Å². The standard InChI is InChI=1S/C18H25N5O3S/c1-13-3-5-15(6-4-13)27(25,26)22-8-7-20-18(24)17-11-19-10-16(17)14-9-21-23(2)12-14/h3-6,9,12,16-17,19,22H,7-8,10-11H2,1-2H3,(H,20,24)/t16-,17+/m1/s1. The Morgan fingerprint density at radius 3 is 2.67 bits per heavy atom. The molecule has 2 atom stereocenters. The molecule has 27 heavy (non-hydrogen) atoms. The lowest BCUT2D eigenvalue weighted by atomic mass is 9.90. The van der Waals surface area contributed by atoms with Crippen molar-refractivity contribution in [1.29, 1.82) is 0 Å². The number of aromatic nitrogens is 2. The van der Waals surface area contributed by atoms with E-state index in [1.165, 1.54) is 0 Å². The molecular formula is C18H25N5O3S. The number of benzene rings is 1. The van der Waals surface area contributed by atoms with Gasteiger partial charge in [-0.25, -0.2) is 13.1 Å². The number of sulfonamides is 1. The molecule has 1 aliphatic heterocycles. The van der Waals surface area contributed by atoms with Gasteiger partial charge in [-0.2, -0.15) is 5.10 Å². The number of nitrogens with one attached hydrogen (secondary N) is 3. The minimum absolute atomic E-state index is 0.0722. The molecule has 9 heteroatoms. The lowest BCUT2D eigenvalue weighted by Gasteiger charge is -2.17. The lowest BCUT2D eigenvalue weighted by Crippen LogP contribution is -2.39. The number of rotatable bonds is 7. The third-order valence-corrected chi connectivity index (χ3v) is 6.23. The Hall–Kier alpha value is -2.23. The van der Waals surface area contributed by atoms with Crippen molar-refractivity contribution in [1.82, 2.24) is 25.1 Å². The number of hydrogen-bond donors (Lipinski definition) is 3. The zero-order valence-corrected chi connectivity index (χ0v) is 16.3. The Labute approximate surface area is 159 Å². The van der Waals surface area contributed by atoms with Gasteiger partial charge in [0.1, 0.15) is 0 Å². The summed E-state index contributed by atoms with van der Waals surface area (Å²) in [5.41, 5.74) is 2.03. The van der Waals surface area contributed by atoms with E-state index in [1.807, 2.05) is 20.2 Å². The number of carbonyl (C=O) groups is 1. The fourth-order valence-corrected chi connectivity index (χ4v) is 4.27. The highest BCUT2D eigenvalue weighted by Crippen LogP contribution is 2.27. The number of hydrogen-bond acceptors (Lipinski definition) is 5. The van der Waals surface area contributed by atoms with Crippen LogP contribution in [0.4, 0.5) is 0 Å². The van der Waals surface area contributed by atoms with Crippen LogP contribution in [0.5, 0.6) is 0 Å². The molecule has 8 nitrogen and oxygen atoms in total. The summed E-state index contributed by atoms with van der Waals surface area (Å²) in [4.78, 5) is 12.7. The third-order valence-electron chi connectivity index (χ3n) is 4.75. The predicted molar refractivity (Wildman–Crippen MR) is 102 cm³/mol. The number of carbonyl (C=O) groups excluding carboxylic acids is 1. The molecule has 1 aromatic heterocycles. The van der Waals surface area contributed by atoms with Gasteiger partial charge >= 0.3 is 0 Å². The third kappa shape index (κ3) is 4.74. The van der Waals surface area contributed by atoms with Gasteiger partial charge in [-0.3, -0.25) is 9.48 Å². The van der Waals surface area contributed by atoms with E-state index in [2.05, 4.69) is 20.5 Å². The molecule has 1 aliphatic rings. The van der Waals surface area contributed by atoms with Crippen molar-refractivity contribution in [3.63, 3.8) is 0 Å². The average Bonchev–Trinajstić information content (AvgIpc) is 3.27. The first-order valence-corrected chi connectivity index (χ1v) is 10.4. The molecule has 0 bridgehead atoms. The molecule has 2 heterocycles. The summed E-state index contributed by atoms with van der Waals surface area (Å²) in [6.45, 7) is 3.60. The summed E-state index contributed by atoms with van der Waals surface area (Å²) in [5.74, 6) is -0.200. The van der Waals surface area contributed by atoms with Crippen molar-refractivity contribution in [2.24, 2.45) is 13.0 Å². The van der Waals surface area contributed by atoms with Crippen molar-refractivity contribution in [3.05, 3.63) is 47.8 Å². The summed E-state index contributed by atoms with van der Waals surface area (Å²) in [6.07, 6.45) is 3.71. The van der Waals surface area contributed by atoms with E-state index >= 15 is 0 Å². The largest absolute Gasteiger partial charge is 0.354 e. The summed E-state index contributed by atoms with van der Waals surface area (Å²) in [7, 11) is -1.72. The van der Waals surface area contributed by atoms with Gasteiger partial charge in [0.15, 0.2) is 0 Å². The van der Waals surface area contributed by atoms with E-state index in [9.17, 15) is 13.2 Å². The van der Waals surface area contributed by atoms with Crippen molar-refractivity contribution in [3.8, 4) is 0 Å². The molecule has 0 radical (unpaired) electrons. The highest BCUT2D eigenvalue weighted by molar-refractivity contribution is 7.89. The smallest absolute Gasteiger partial charge is 0.240 e. The molecule has 0 unspecified atom stereocenters. The van der Waals surface area contributed by atoms with Crippen LogP contribution in [-0.4, -0.2) is 50.3 Å². The van der Waals surface area contributed by atoms with Crippen molar-refractivity contribution >= 4 is 15.9 Å². The Balaban J connectivity index is 1.50. The molecule has 2 aromatic rings. The predicted octanol–water partition coefficient (Wildman–Crippen LogP) is 0.126. The van der Waals surface area contributed by atoms with E-state index in [1.54, 1.807) is 35.1 Å². The summed E-state index contributed by atoms with van der Waals surface area (Å²) < 4.78 is 28.7. The Kier molecular flexibility index (Phi) is 5.93. The molecular weight excluding hydrogens is 366 g/mol. The number of amides is 1. The second-order valence-corrected chi connectivity index (χ2v) is 8.59. The molecule has 0 saturated carbocycles. The maximum Gasteiger partial charge on any atom is 0.240 e. The van der Waals surface area contributed by atoms with Crippen LogP contribution in [0, 0.1) is 12.8 Å². The normalized spacial score (nSPS) is 19.9. The van der Waals surface area contributed by atoms with Crippen molar-refractivity contribution in [2.75, 3.05) is 26.2 Å². The van der Waals surface area contributed by atoms with E-state index in [4.69, 9.17) is 0 Å². The molecule has 1 saturated heterocycles. The number of aryl methyl sites for hydroxylation is 2. The molecule has 1 amide bonds. The van der Waals surface area contributed by atoms with Crippen LogP contribution in [0.25, 0.3) is 0 Å². The summed E-state index contributed by atoms with van der Waals surface area (Å²) in [5, 5.41) is 10.2. The molecule has 1 aromatic carbocycles. The summed E-state index contributed by atoms with van der Waals surface area (Å²) in [6, 6.07) is 6.64. The Morgan fingerprint density at radius 2 is 2.00 bits per heavy atom. The maximum atomic E-state index is 12.5. The van der Waals surface area contributed by atoms with Crippen molar-refractivity contribution in [2.45, 2.75) is 17.7 Å². The molecule has 146 valence electrons. The van der Waals surface area contributed by atoms with Gasteiger partial charge in [0, 0.05) is 45.3 Å². The monoisotopic (exact) mass is 391 g/mol. The van der Waals surface area contributed by atoms with E-state index in [0.717, 1.165) is 17.7 Å². The second-order valence-electron chi connectivity index (χ2n) is 6.82. The van der Waals surface area contributed by atoms with Crippen LogP contribution in [0.1, 0.15) is 17.0 Å². The van der Waals surface area contributed by atoms with Gasteiger partial charge in [0.05, 0.1) is 17.0 Å². The van der Waals surface area contributed by atoms with Crippen LogP contribution < -0.4 is 15.4 Å². The summed E-state index contributed by atoms with van der Waals surface area (Å²) >= 11 is 0. The van der Waals surface area contributed by atoms with Gasteiger partial charge in [-0.15, -0.1) is 0 Å². The fraction of sp³-hybridized carbons (Fsp3) is 0.444. The Bertz CT molecular complexity index is 892. The van der Waals surface area contributed by atoms with E-state index in [-0.39, 0.29) is 35.7 Å². The first kappa shape index (κ1) is 19.5. The van der Waals surface area contributed by atoms with Crippen LogP contribution in [0.15, 0.2) is 41.6 Å². The lowest BCUT2D eigenvalue weighted by molar-refractivity contribution is -0.124. The van der Waals surface area contributed by atoms with Crippen LogP contribution >= 0.6 is 0 Å². The number of nitrogens with zero attached hydrogens (tertiary/aromatic N) is 2. The van der Waals surface area contributed by atoms with Gasteiger partial charge < -0.3 is 10.6 Å². The Morgan fingerprint density at radius 1 is 1.26 bits per heavy atom. The SMILES string of the molecule is Cc1ccc(S(=O)(=O)NCCNC(=O)[C@H]2CNC[C@@H]2c2cnn(C)c2)cc1.